The van der Waals surface area contributed by atoms with Crippen molar-refractivity contribution in [3.8, 4) is 5.82 Å². The van der Waals surface area contributed by atoms with E-state index in [4.69, 9.17) is 4.52 Å². The summed E-state index contributed by atoms with van der Waals surface area (Å²) in [5.41, 5.74) is 0.443. The van der Waals surface area contributed by atoms with Gasteiger partial charge in [-0.2, -0.15) is 4.31 Å². The second kappa shape index (κ2) is 7.82. The second-order valence-electron chi connectivity index (χ2n) is 7.59. The van der Waals surface area contributed by atoms with Gasteiger partial charge in [0.25, 0.3) is 5.56 Å². The van der Waals surface area contributed by atoms with Gasteiger partial charge in [-0.15, -0.1) is 0 Å². The highest BCUT2D eigenvalue weighted by Gasteiger charge is 2.29. The SMILES string of the molecule is CC(C)S(=O)(=O)N1CCN(Cc2ccc3onc(-n4ccc(=O)[nH]c4=O)c3c2)CC1. The van der Waals surface area contributed by atoms with Crippen LogP contribution in [0.4, 0.5) is 0 Å². The topological polar surface area (TPSA) is 122 Å². The van der Waals surface area contributed by atoms with E-state index in [0.717, 1.165) is 5.56 Å². The maximum Gasteiger partial charge on any atom is 0.334 e. The summed E-state index contributed by atoms with van der Waals surface area (Å²) in [5, 5.41) is 4.21. The van der Waals surface area contributed by atoms with Gasteiger partial charge in [-0.1, -0.05) is 11.2 Å². The van der Waals surface area contributed by atoms with Crippen LogP contribution in [0, 0.1) is 0 Å². The first kappa shape index (κ1) is 20.5. The number of nitrogens with zero attached hydrogens (tertiary/aromatic N) is 4. The van der Waals surface area contributed by atoms with E-state index < -0.39 is 26.5 Å². The molecule has 0 atom stereocenters. The quantitative estimate of drug-likeness (QED) is 0.623. The molecule has 0 radical (unpaired) electrons. The van der Waals surface area contributed by atoms with Gasteiger partial charge >= 0.3 is 5.69 Å². The van der Waals surface area contributed by atoms with Crippen molar-refractivity contribution in [1.82, 2.24) is 23.9 Å². The number of rotatable bonds is 5. The van der Waals surface area contributed by atoms with E-state index in [1.54, 1.807) is 24.2 Å². The molecule has 0 spiro atoms. The molecule has 1 aliphatic heterocycles. The number of benzene rings is 1. The van der Waals surface area contributed by atoms with Crippen molar-refractivity contribution >= 4 is 21.0 Å². The maximum atomic E-state index is 12.3. The molecule has 30 heavy (non-hydrogen) atoms. The minimum Gasteiger partial charge on any atom is -0.354 e. The molecule has 4 rings (SSSR count). The predicted molar refractivity (Wildman–Crippen MR) is 111 cm³/mol. The summed E-state index contributed by atoms with van der Waals surface area (Å²) < 4.78 is 32.8. The van der Waals surface area contributed by atoms with E-state index >= 15 is 0 Å². The van der Waals surface area contributed by atoms with Gasteiger partial charge in [0.15, 0.2) is 11.4 Å². The second-order valence-corrected chi connectivity index (χ2v) is 10.1. The van der Waals surface area contributed by atoms with Gasteiger partial charge in [0.2, 0.25) is 10.0 Å². The molecule has 11 heteroatoms. The smallest absolute Gasteiger partial charge is 0.334 e. The van der Waals surface area contributed by atoms with Gasteiger partial charge in [-0.05, 0) is 31.5 Å². The fourth-order valence-electron chi connectivity index (χ4n) is 3.53. The zero-order valence-electron chi connectivity index (χ0n) is 16.7. The van der Waals surface area contributed by atoms with Crippen molar-refractivity contribution in [2.75, 3.05) is 26.2 Å². The van der Waals surface area contributed by atoms with Gasteiger partial charge in [0.1, 0.15) is 0 Å². The summed E-state index contributed by atoms with van der Waals surface area (Å²) in [6.07, 6.45) is 1.36. The molecule has 3 aromatic rings. The molecular formula is C19H23N5O5S. The minimum absolute atomic E-state index is 0.306. The summed E-state index contributed by atoms with van der Waals surface area (Å²) in [6.45, 7) is 6.24. The molecule has 2 aromatic heterocycles. The van der Waals surface area contributed by atoms with Crippen LogP contribution in [0.1, 0.15) is 19.4 Å². The van der Waals surface area contributed by atoms with E-state index in [1.807, 2.05) is 12.1 Å². The van der Waals surface area contributed by atoms with Crippen molar-refractivity contribution < 1.29 is 12.9 Å². The van der Waals surface area contributed by atoms with Gasteiger partial charge in [0.05, 0.1) is 10.6 Å². The van der Waals surface area contributed by atoms with Crippen molar-refractivity contribution in [2.45, 2.75) is 25.6 Å². The Morgan fingerprint density at radius 2 is 1.87 bits per heavy atom. The van der Waals surface area contributed by atoms with Crippen LogP contribution in [-0.4, -0.2) is 63.8 Å². The minimum atomic E-state index is -3.23. The Morgan fingerprint density at radius 3 is 2.53 bits per heavy atom. The summed E-state index contributed by atoms with van der Waals surface area (Å²) in [7, 11) is -3.23. The Labute approximate surface area is 172 Å². The van der Waals surface area contributed by atoms with Gasteiger partial charge in [0, 0.05) is 45.0 Å². The maximum absolute atomic E-state index is 12.3. The lowest BCUT2D eigenvalue weighted by Gasteiger charge is -2.34. The molecule has 0 amide bonds. The molecule has 0 unspecified atom stereocenters. The summed E-state index contributed by atoms with van der Waals surface area (Å²) in [6, 6.07) is 6.86. The van der Waals surface area contributed by atoms with E-state index in [1.165, 1.54) is 16.8 Å². The third-order valence-electron chi connectivity index (χ3n) is 5.26. The molecule has 1 N–H and O–H groups in total. The molecule has 10 nitrogen and oxygen atoms in total. The summed E-state index contributed by atoms with van der Waals surface area (Å²) in [5.74, 6) is 0.306. The highest BCUT2D eigenvalue weighted by atomic mass is 32.2. The van der Waals surface area contributed by atoms with Gasteiger partial charge < -0.3 is 4.52 Å². The Morgan fingerprint density at radius 1 is 1.13 bits per heavy atom. The van der Waals surface area contributed by atoms with Crippen molar-refractivity contribution in [1.29, 1.82) is 0 Å². The van der Waals surface area contributed by atoms with Gasteiger partial charge in [-0.25, -0.2) is 17.8 Å². The monoisotopic (exact) mass is 433 g/mol. The lowest BCUT2D eigenvalue weighted by molar-refractivity contribution is 0.181. The fraction of sp³-hybridized carbons (Fsp3) is 0.421. The molecular weight excluding hydrogens is 410 g/mol. The van der Waals surface area contributed by atoms with Gasteiger partial charge in [-0.3, -0.25) is 14.7 Å². The fourth-order valence-corrected chi connectivity index (χ4v) is 4.80. The Kier molecular flexibility index (Phi) is 5.35. The highest BCUT2D eigenvalue weighted by molar-refractivity contribution is 7.89. The third kappa shape index (κ3) is 3.83. The number of fused-ring (bicyclic) bond motifs is 1. The molecule has 1 saturated heterocycles. The van der Waals surface area contributed by atoms with Crippen LogP contribution in [-0.2, 0) is 16.6 Å². The lowest BCUT2D eigenvalue weighted by Crippen LogP contribution is -2.49. The summed E-state index contributed by atoms with van der Waals surface area (Å²) >= 11 is 0. The van der Waals surface area contributed by atoms with Crippen LogP contribution in [0.2, 0.25) is 0 Å². The van der Waals surface area contributed by atoms with Crippen LogP contribution in [0.5, 0.6) is 0 Å². The number of H-pyrrole nitrogens is 1. The number of nitrogens with one attached hydrogen (secondary N) is 1. The van der Waals surface area contributed by atoms with Crippen LogP contribution >= 0.6 is 0 Å². The number of piperazine rings is 1. The number of hydrogen-bond acceptors (Lipinski definition) is 7. The van der Waals surface area contributed by atoms with Crippen molar-refractivity contribution in [3.63, 3.8) is 0 Å². The van der Waals surface area contributed by atoms with Crippen LogP contribution in [0.3, 0.4) is 0 Å². The van der Waals surface area contributed by atoms with Crippen molar-refractivity contribution in [3.05, 3.63) is 56.9 Å². The third-order valence-corrected chi connectivity index (χ3v) is 7.54. The van der Waals surface area contributed by atoms with E-state index in [0.29, 0.717) is 49.5 Å². The number of aromatic amines is 1. The Bertz CT molecular complexity index is 1280. The standard InChI is InChI=1S/C19H23N5O5S/c1-13(2)30(27,28)23-9-7-22(8-10-23)12-14-3-4-16-15(11-14)18(21-29-16)24-6-5-17(25)20-19(24)26/h3-6,11,13H,7-10,12H2,1-2H3,(H,20,25,26). The molecule has 0 saturated carbocycles. The first-order valence-electron chi connectivity index (χ1n) is 9.68. The molecule has 1 aliphatic rings. The van der Waals surface area contributed by atoms with Crippen molar-refractivity contribution in [2.24, 2.45) is 0 Å². The number of sulfonamides is 1. The lowest BCUT2D eigenvalue weighted by atomic mass is 10.1. The molecule has 1 fully saturated rings. The van der Waals surface area contributed by atoms with E-state index in [2.05, 4.69) is 15.0 Å². The molecule has 0 aliphatic carbocycles. The molecule has 3 heterocycles. The molecule has 1 aromatic carbocycles. The first-order valence-corrected chi connectivity index (χ1v) is 11.2. The molecule has 0 bridgehead atoms. The highest BCUT2D eigenvalue weighted by Crippen LogP contribution is 2.23. The number of hydrogen-bond donors (Lipinski definition) is 1. The normalized spacial score (nSPS) is 16.5. The van der Waals surface area contributed by atoms with Crippen LogP contribution < -0.4 is 11.2 Å². The van der Waals surface area contributed by atoms with E-state index in [9.17, 15) is 18.0 Å². The first-order chi connectivity index (χ1) is 14.3. The summed E-state index contributed by atoms with van der Waals surface area (Å²) in [4.78, 5) is 27.8. The van der Waals surface area contributed by atoms with Crippen LogP contribution in [0.15, 0.2) is 44.6 Å². The molecule has 160 valence electrons. The average molecular weight is 433 g/mol. The van der Waals surface area contributed by atoms with Crippen LogP contribution in [0.25, 0.3) is 16.8 Å². The zero-order valence-corrected chi connectivity index (χ0v) is 17.6. The number of aromatic nitrogens is 3. The predicted octanol–water partition coefficient (Wildman–Crippen LogP) is 0.523. The Hall–Kier alpha value is -2.76. The zero-order chi connectivity index (χ0) is 21.5. The average Bonchev–Trinajstić information content (AvgIpc) is 3.11. The van der Waals surface area contributed by atoms with E-state index in [-0.39, 0.29) is 0 Å². The Balaban J connectivity index is 1.54. The largest absolute Gasteiger partial charge is 0.354 e.